The van der Waals surface area contributed by atoms with E-state index in [1.54, 1.807) is 0 Å². The fraction of sp³-hybridized carbons (Fsp3) is 0.429. The molecule has 1 aromatic rings. The Labute approximate surface area is 139 Å². The summed E-state index contributed by atoms with van der Waals surface area (Å²) in [7, 11) is -2.58. The van der Waals surface area contributed by atoms with E-state index in [2.05, 4.69) is 4.74 Å². The predicted molar refractivity (Wildman–Crippen MR) is 81.5 cm³/mol. The molecule has 0 spiro atoms. The summed E-state index contributed by atoms with van der Waals surface area (Å²) in [5, 5.41) is 9.76. The van der Waals surface area contributed by atoms with Crippen LogP contribution in [0.3, 0.4) is 0 Å². The highest BCUT2D eigenvalue weighted by Gasteiger charge is 2.44. The van der Waals surface area contributed by atoms with Crippen LogP contribution in [0.1, 0.15) is 6.42 Å². The zero-order chi connectivity index (χ0) is 17.9. The maximum absolute atomic E-state index is 12.7. The van der Waals surface area contributed by atoms with Gasteiger partial charge in [0.25, 0.3) is 5.91 Å². The van der Waals surface area contributed by atoms with E-state index in [0.717, 1.165) is 4.31 Å². The number of nitrogens with zero attached hydrogens (tertiary/aromatic N) is 1. The van der Waals surface area contributed by atoms with Crippen LogP contribution in [0.4, 0.5) is 0 Å². The molecule has 0 unspecified atom stereocenters. The summed E-state index contributed by atoms with van der Waals surface area (Å²) in [5.74, 6) is -1.30. The Kier molecular flexibility index (Phi) is 5.42. The van der Waals surface area contributed by atoms with Crippen LogP contribution in [0.5, 0.6) is 5.75 Å². The van der Waals surface area contributed by atoms with Crippen LogP contribution in [0.2, 0.25) is 0 Å². The Morgan fingerprint density at radius 2 is 1.96 bits per heavy atom. The van der Waals surface area contributed by atoms with Crippen molar-refractivity contribution in [3.05, 3.63) is 24.3 Å². The molecule has 24 heavy (non-hydrogen) atoms. The third-order valence-electron chi connectivity index (χ3n) is 3.53. The smallest absolute Gasteiger partial charge is 0.325 e. The second-order valence-electron chi connectivity index (χ2n) is 5.23. The van der Waals surface area contributed by atoms with Gasteiger partial charge in [-0.1, -0.05) is 0 Å². The maximum Gasteiger partial charge on any atom is 0.325 e. The normalized spacial score (nSPS) is 21.4. The zero-order valence-electron chi connectivity index (χ0n) is 12.9. The number of aliphatic hydroxyl groups is 1. The molecule has 2 atom stereocenters. The molecule has 0 bridgehead atoms. The van der Waals surface area contributed by atoms with E-state index in [1.807, 2.05) is 0 Å². The highest BCUT2D eigenvalue weighted by Crippen LogP contribution is 2.28. The number of rotatable bonds is 6. The number of hydrogen-bond acceptors (Lipinski definition) is 7. The molecule has 132 valence electrons. The van der Waals surface area contributed by atoms with Gasteiger partial charge >= 0.3 is 5.97 Å². The van der Waals surface area contributed by atoms with Crippen LogP contribution in [0.25, 0.3) is 0 Å². The van der Waals surface area contributed by atoms with Gasteiger partial charge in [0.15, 0.2) is 6.61 Å². The summed E-state index contributed by atoms with van der Waals surface area (Å²) < 4.78 is 35.9. The SMILES string of the molecule is COc1ccc(S(=O)(=O)N2C[C@H](O)C[C@H]2C(=O)OCC(N)=O)cc1. The van der Waals surface area contributed by atoms with Crippen LogP contribution >= 0.6 is 0 Å². The fourth-order valence-electron chi connectivity index (χ4n) is 2.39. The second-order valence-corrected chi connectivity index (χ2v) is 7.12. The van der Waals surface area contributed by atoms with Gasteiger partial charge in [0.05, 0.1) is 18.1 Å². The van der Waals surface area contributed by atoms with Crippen LogP contribution in [-0.2, 0) is 24.3 Å². The van der Waals surface area contributed by atoms with Crippen LogP contribution < -0.4 is 10.5 Å². The number of aliphatic hydroxyl groups excluding tert-OH is 1. The van der Waals surface area contributed by atoms with Gasteiger partial charge in [-0.05, 0) is 24.3 Å². The van der Waals surface area contributed by atoms with E-state index >= 15 is 0 Å². The van der Waals surface area contributed by atoms with Crippen molar-refractivity contribution in [3.63, 3.8) is 0 Å². The minimum atomic E-state index is -4.03. The molecular weight excluding hydrogens is 340 g/mol. The first kappa shape index (κ1) is 18.2. The molecule has 0 aliphatic carbocycles. The quantitative estimate of drug-likeness (QED) is 0.613. The summed E-state index contributed by atoms with van der Waals surface area (Å²) in [6.07, 6.45) is -1.13. The summed E-state index contributed by atoms with van der Waals surface area (Å²) in [6.45, 7) is -0.896. The molecule has 1 heterocycles. The third kappa shape index (κ3) is 3.83. The van der Waals surface area contributed by atoms with Crippen molar-refractivity contribution in [2.45, 2.75) is 23.5 Å². The minimum Gasteiger partial charge on any atom is -0.497 e. The van der Waals surface area contributed by atoms with E-state index in [1.165, 1.54) is 31.4 Å². The van der Waals surface area contributed by atoms with Gasteiger partial charge in [-0.3, -0.25) is 9.59 Å². The molecule has 0 radical (unpaired) electrons. The Hall–Kier alpha value is -2.17. The molecule has 1 aliphatic rings. The number of carbonyl (C=O) groups is 2. The number of primary amides is 1. The number of ether oxygens (including phenoxy) is 2. The van der Waals surface area contributed by atoms with Crippen molar-refractivity contribution in [3.8, 4) is 5.75 Å². The molecule has 1 aliphatic heterocycles. The number of β-amino-alcohol motifs (C(OH)–C–C–N with tert-alkyl or cyclic N) is 1. The first-order chi connectivity index (χ1) is 11.3. The Morgan fingerprint density at radius 1 is 1.33 bits per heavy atom. The summed E-state index contributed by atoms with van der Waals surface area (Å²) >= 11 is 0. The predicted octanol–water partition coefficient (Wildman–Crippen LogP) is -1.15. The van der Waals surface area contributed by atoms with Crippen molar-refractivity contribution in [2.24, 2.45) is 5.73 Å². The summed E-state index contributed by atoms with van der Waals surface area (Å²) in [4.78, 5) is 22.7. The number of carbonyl (C=O) groups excluding carboxylic acids is 2. The molecule has 2 rings (SSSR count). The Bertz CT molecular complexity index is 717. The van der Waals surface area contributed by atoms with Gasteiger partial charge < -0.3 is 20.3 Å². The van der Waals surface area contributed by atoms with E-state index in [-0.39, 0.29) is 17.9 Å². The molecule has 9 nitrogen and oxygen atoms in total. The number of sulfonamides is 1. The first-order valence-electron chi connectivity index (χ1n) is 7.04. The minimum absolute atomic E-state index is 0.0508. The molecule has 1 aromatic carbocycles. The van der Waals surface area contributed by atoms with E-state index in [0.29, 0.717) is 5.75 Å². The Balaban J connectivity index is 2.25. The largest absolute Gasteiger partial charge is 0.497 e. The standard InChI is InChI=1S/C14H18N2O7S/c1-22-10-2-4-11(5-3-10)24(20,21)16-7-9(17)6-12(16)14(19)23-8-13(15)18/h2-5,9,12,17H,6-8H2,1H3,(H2,15,18)/t9-,12+/m1/s1. The van der Waals surface area contributed by atoms with E-state index in [4.69, 9.17) is 10.5 Å². The number of amides is 1. The first-order valence-corrected chi connectivity index (χ1v) is 8.48. The van der Waals surface area contributed by atoms with Gasteiger partial charge in [0.1, 0.15) is 11.8 Å². The van der Waals surface area contributed by atoms with Gasteiger partial charge in [-0.25, -0.2) is 8.42 Å². The lowest BCUT2D eigenvalue weighted by Crippen LogP contribution is -2.42. The van der Waals surface area contributed by atoms with Crippen molar-refractivity contribution in [2.75, 3.05) is 20.3 Å². The molecule has 1 saturated heterocycles. The van der Waals surface area contributed by atoms with Crippen molar-refractivity contribution in [1.82, 2.24) is 4.31 Å². The van der Waals surface area contributed by atoms with Crippen LogP contribution in [-0.4, -0.2) is 62.1 Å². The van der Waals surface area contributed by atoms with Crippen molar-refractivity contribution < 1.29 is 32.6 Å². The maximum atomic E-state index is 12.7. The lowest BCUT2D eigenvalue weighted by atomic mass is 10.2. The van der Waals surface area contributed by atoms with E-state index in [9.17, 15) is 23.1 Å². The molecule has 0 aromatic heterocycles. The summed E-state index contributed by atoms with van der Waals surface area (Å²) in [5.41, 5.74) is 4.90. The number of methoxy groups -OCH3 is 1. The average molecular weight is 358 g/mol. The highest BCUT2D eigenvalue weighted by molar-refractivity contribution is 7.89. The van der Waals surface area contributed by atoms with Gasteiger partial charge in [-0.2, -0.15) is 4.31 Å². The molecule has 1 fully saturated rings. The van der Waals surface area contributed by atoms with Gasteiger partial charge in [-0.15, -0.1) is 0 Å². The van der Waals surface area contributed by atoms with Crippen LogP contribution in [0.15, 0.2) is 29.2 Å². The second kappa shape index (κ2) is 7.16. The number of benzene rings is 1. The van der Waals surface area contributed by atoms with Crippen molar-refractivity contribution >= 4 is 21.9 Å². The molecular formula is C14H18N2O7S. The van der Waals surface area contributed by atoms with Gasteiger partial charge in [0, 0.05) is 13.0 Å². The monoisotopic (exact) mass is 358 g/mol. The number of nitrogens with two attached hydrogens (primary N) is 1. The fourth-order valence-corrected chi connectivity index (χ4v) is 4.01. The average Bonchev–Trinajstić information content (AvgIpc) is 2.95. The number of esters is 1. The third-order valence-corrected chi connectivity index (χ3v) is 5.42. The molecule has 1 amide bonds. The topological polar surface area (TPSA) is 136 Å². The lowest BCUT2D eigenvalue weighted by molar-refractivity contribution is -0.151. The van der Waals surface area contributed by atoms with E-state index < -0.39 is 40.7 Å². The van der Waals surface area contributed by atoms with Crippen LogP contribution in [0, 0.1) is 0 Å². The van der Waals surface area contributed by atoms with Gasteiger partial charge in [0.2, 0.25) is 10.0 Å². The Morgan fingerprint density at radius 3 is 2.50 bits per heavy atom. The lowest BCUT2D eigenvalue weighted by Gasteiger charge is -2.22. The summed E-state index contributed by atoms with van der Waals surface area (Å²) in [6, 6.07) is 4.40. The molecule has 0 saturated carbocycles. The zero-order valence-corrected chi connectivity index (χ0v) is 13.7. The van der Waals surface area contributed by atoms with Crippen molar-refractivity contribution in [1.29, 1.82) is 0 Å². The highest BCUT2D eigenvalue weighted by atomic mass is 32.2. The molecule has 10 heteroatoms. The number of hydrogen-bond donors (Lipinski definition) is 2. The molecule has 3 N–H and O–H groups in total.